The van der Waals surface area contributed by atoms with E-state index in [1.54, 1.807) is 0 Å². The van der Waals surface area contributed by atoms with Crippen molar-refractivity contribution >= 4 is 35.3 Å². The average molecular weight is 267 g/mol. The Morgan fingerprint density at radius 3 is 2.12 bits per heavy atom. The lowest BCUT2D eigenvalue weighted by Gasteiger charge is -2.19. The van der Waals surface area contributed by atoms with Crippen molar-refractivity contribution in [1.82, 2.24) is 0 Å². The van der Waals surface area contributed by atoms with Gasteiger partial charge < -0.3 is 9.47 Å². The molecule has 0 heterocycles. The second kappa shape index (κ2) is 5.77. The Kier molecular flexibility index (Phi) is 4.92. The lowest BCUT2D eigenvalue weighted by atomic mass is 10.3. The first-order valence-corrected chi connectivity index (χ1v) is 6.69. The summed E-state index contributed by atoms with van der Waals surface area (Å²) in [5.41, 5.74) is 0. The SMILES string of the molecule is CS[C@@H]1[C@@H](Cl)[C@H](OC(C)=O)C[C@@H]1OC(C)=O. The summed E-state index contributed by atoms with van der Waals surface area (Å²) in [6.45, 7) is 2.71. The molecule has 0 aromatic carbocycles. The molecule has 0 aliphatic heterocycles. The van der Waals surface area contributed by atoms with E-state index in [1.807, 2.05) is 6.26 Å². The second-order valence-corrected chi connectivity index (χ2v) is 5.20. The Bertz CT molecular complexity index is 284. The van der Waals surface area contributed by atoms with Crippen molar-refractivity contribution < 1.29 is 19.1 Å². The minimum Gasteiger partial charge on any atom is -0.461 e. The molecular weight excluding hydrogens is 252 g/mol. The highest BCUT2D eigenvalue weighted by molar-refractivity contribution is 7.99. The molecule has 0 aromatic rings. The fourth-order valence-electron chi connectivity index (χ4n) is 1.85. The van der Waals surface area contributed by atoms with Crippen LogP contribution in [-0.2, 0) is 19.1 Å². The van der Waals surface area contributed by atoms with Gasteiger partial charge in [-0.25, -0.2) is 0 Å². The number of ether oxygens (including phenoxy) is 2. The molecule has 6 heteroatoms. The van der Waals surface area contributed by atoms with E-state index >= 15 is 0 Å². The topological polar surface area (TPSA) is 52.6 Å². The van der Waals surface area contributed by atoms with Gasteiger partial charge in [0.25, 0.3) is 0 Å². The number of alkyl halides is 1. The van der Waals surface area contributed by atoms with Crippen LogP contribution in [0.4, 0.5) is 0 Å². The molecule has 0 aromatic heterocycles. The second-order valence-electron chi connectivity index (χ2n) is 3.68. The fraction of sp³-hybridized carbons (Fsp3) is 0.800. The van der Waals surface area contributed by atoms with Gasteiger partial charge in [-0.3, -0.25) is 9.59 Å². The van der Waals surface area contributed by atoms with Crippen LogP contribution in [0.5, 0.6) is 0 Å². The van der Waals surface area contributed by atoms with Gasteiger partial charge in [-0.05, 0) is 6.26 Å². The summed E-state index contributed by atoms with van der Waals surface area (Å²) in [5.74, 6) is -0.699. The van der Waals surface area contributed by atoms with Crippen molar-refractivity contribution in [3.05, 3.63) is 0 Å². The molecular formula is C10H15ClO4S. The summed E-state index contributed by atoms with van der Waals surface area (Å²) in [4.78, 5) is 21.8. The summed E-state index contributed by atoms with van der Waals surface area (Å²) in [6, 6.07) is 0. The maximum Gasteiger partial charge on any atom is 0.302 e. The molecule has 16 heavy (non-hydrogen) atoms. The molecule has 0 radical (unpaired) electrons. The maximum atomic E-state index is 10.9. The molecule has 4 atom stereocenters. The summed E-state index contributed by atoms with van der Waals surface area (Å²) in [5, 5.41) is -0.349. The summed E-state index contributed by atoms with van der Waals surface area (Å²) >= 11 is 7.70. The number of thioether (sulfide) groups is 1. The van der Waals surface area contributed by atoms with Gasteiger partial charge in [-0.15, -0.1) is 11.6 Å². The molecule has 0 spiro atoms. The molecule has 1 rings (SSSR count). The van der Waals surface area contributed by atoms with E-state index < -0.39 is 0 Å². The molecule has 92 valence electrons. The van der Waals surface area contributed by atoms with Gasteiger partial charge in [0.1, 0.15) is 12.2 Å². The maximum absolute atomic E-state index is 10.9. The number of esters is 2. The van der Waals surface area contributed by atoms with Crippen molar-refractivity contribution in [2.45, 2.75) is 43.1 Å². The Morgan fingerprint density at radius 2 is 1.69 bits per heavy atom. The normalized spacial score (nSPS) is 33.5. The van der Waals surface area contributed by atoms with Crippen LogP contribution in [0.2, 0.25) is 0 Å². The zero-order valence-corrected chi connectivity index (χ0v) is 11.0. The van der Waals surface area contributed by atoms with Crippen LogP contribution >= 0.6 is 23.4 Å². The smallest absolute Gasteiger partial charge is 0.302 e. The molecule has 0 unspecified atom stereocenters. The number of hydrogen-bond acceptors (Lipinski definition) is 5. The zero-order valence-electron chi connectivity index (χ0n) is 9.44. The first-order chi connectivity index (χ1) is 7.45. The van der Waals surface area contributed by atoms with Crippen LogP contribution in [0.15, 0.2) is 0 Å². The fourth-order valence-corrected chi connectivity index (χ4v) is 3.38. The zero-order chi connectivity index (χ0) is 12.3. The minimum absolute atomic E-state index is 0.0325. The van der Waals surface area contributed by atoms with Gasteiger partial charge >= 0.3 is 11.9 Å². The number of hydrogen-bond donors (Lipinski definition) is 0. The van der Waals surface area contributed by atoms with E-state index in [0.717, 1.165) is 0 Å². The van der Waals surface area contributed by atoms with Crippen LogP contribution in [0.25, 0.3) is 0 Å². The first kappa shape index (κ1) is 13.6. The molecule has 1 aliphatic carbocycles. The third-order valence-corrected chi connectivity index (χ3v) is 4.25. The van der Waals surface area contributed by atoms with Gasteiger partial charge in [0.15, 0.2) is 0 Å². The third kappa shape index (κ3) is 3.28. The van der Waals surface area contributed by atoms with Crippen molar-refractivity contribution in [1.29, 1.82) is 0 Å². The molecule has 4 nitrogen and oxygen atoms in total. The number of carbonyl (C=O) groups is 2. The Labute approximate surface area is 104 Å². The van der Waals surface area contributed by atoms with E-state index in [9.17, 15) is 9.59 Å². The average Bonchev–Trinajstić information content (AvgIpc) is 2.41. The third-order valence-electron chi connectivity index (χ3n) is 2.41. The Morgan fingerprint density at radius 1 is 1.19 bits per heavy atom. The number of halogens is 1. The monoisotopic (exact) mass is 266 g/mol. The molecule has 0 amide bonds. The van der Waals surface area contributed by atoms with Crippen LogP contribution in [0.1, 0.15) is 20.3 Å². The molecule has 1 fully saturated rings. The van der Waals surface area contributed by atoms with Crippen molar-refractivity contribution in [3.63, 3.8) is 0 Å². The van der Waals surface area contributed by atoms with E-state index in [2.05, 4.69) is 0 Å². The molecule has 1 aliphatic rings. The van der Waals surface area contributed by atoms with E-state index in [-0.39, 0.29) is 34.8 Å². The quantitative estimate of drug-likeness (QED) is 0.574. The van der Waals surface area contributed by atoms with E-state index in [4.69, 9.17) is 21.1 Å². The largest absolute Gasteiger partial charge is 0.461 e. The number of carbonyl (C=O) groups excluding carboxylic acids is 2. The van der Waals surface area contributed by atoms with Gasteiger partial charge in [-0.1, -0.05) is 0 Å². The van der Waals surface area contributed by atoms with E-state index in [1.165, 1.54) is 25.6 Å². The van der Waals surface area contributed by atoms with E-state index in [0.29, 0.717) is 6.42 Å². The summed E-state index contributed by atoms with van der Waals surface area (Å²) < 4.78 is 10.3. The number of rotatable bonds is 3. The van der Waals surface area contributed by atoms with Gasteiger partial charge in [0.2, 0.25) is 0 Å². The van der Waals surface area contributed by atoms with Crippen LogP contribution in [0, 0.1) is 0 Å². The van der Waals surface area contributed by atoms with Gasteiger partial charge in [0, 0.05) is 20.3 Å². The van der Waals surface area contributed by atoms with Crippen molar-refractivity contribution in [2.24, 2.45) is 0 Å². The predicted molar refractivity (Wildman–Crippen MR) is 62.7 cm³/mol. The lowest BCUT2D eigenvalue weighted by molar-refractivity contribution is -0.148. The van der Waals surface area contributed by atoms with Crippen LogP contribution in [0.3, 0.4) is 0 Å². The Hall–Kier alpha value is -0.420. The van der Waals surface area contributed by atoms with Gasteiger partial charge in [0.05, 0.1) is 10.6 Å². The highest BCUT2D eigenvalue weighted by Gasteiger charge is 2.45. The Balaban J connectivity index is 2.66. The first-order valence-electron chi connectivity index (χ1n) is 4.97. The van der Waals surface area contributed by atoms with Crippen LogP contribution < -0.4 is 0 Å². The molecule has 0 bridgehead atoms. The van der Waals surface area contributed by atoms with Crippen molar-refractivity contribution in [2.75, 3.05) is 6.26 Å². The van der Waals surface area contributed by atoms with Crippen molar-refractivity contribution in [3.8, 4) is 0 Å². The minimum atomic E-state index is -0.374. The molecule has 1 saturated carbocycles. The summed E-state index contributed by atoms with van der Waals surface area (Å²) in [7, 11) is 0. The van der Waals surface area contributed by atoms with Gasteiger partial charge in [-0.2, -0.15) is 11.8 Å². The molecule has 0 saturated heterocycles. The molecule has 0 N–H and O–H groups in total. The highest BCUT2D eigenvalue weighted by atomic mass is 35.5. The predicted octanol–water partition coefficient (Wildman–Crippen LogP) is 1.59. The highest BCUT2D eigenvalue weighted by Crippen LogP contribution is 2.36. The summed E-state index contributed by atoms with van der Waals surface area (Å²) in [6.07, 6.45) is 1.71. The standard InChI is InChI=1S/C10H15ClO4S/c1-5(12)14-7-4-8(15-6(2)13)10(16-3)9(7)11/h7-10H,4H2,1-3H3/t7-,8+,9+,10+/m1/s1. The lowest BCUT2D eigenvalue weighted by Crippen LogP contribution is -2.29. The van der Waals surface area contributed by atoms with Crippen LogP contribution in [-0.4, -0.2) is 41.0 Å².